The average molecular weight is 234 g/mol. The Bertz CT molecular complexity index is 151. The molecule has 0 bridgehead atoms. The molecule has 0 saturated heterocycles. The summed E-state index contributed by atoms with van der Waals surface area (Å²) in [6.45, 7) is 6.08. The monoisotopic (exact) mass is 234 g/mol. The molecule has 0 aromatic heterocycles. The Morgan fingerprint density at radius 3 is 2.12 bits per heavy atom. The summed E-state index contributed by atoms with van der Waals surface area (Å²) in [6, 6.07) is 0. The predicted octanol–water partition coefficient (Wildman–Crippen LogP) is -0.0345. The highest BCUT2D eigenvalue weighted by atomic mass is 16.5. The van der Waals surface area contributed by atoms with Gasteiger partial charge in [0.05, 0.1) is 52.4 Å². The van der Waals surface area contributed by atoms with Gasteiger partial charge in [-0.15, -0.1) is 6.58 Å². The first-order chi connectivity index (χ1) is 7.81. The van der Waals surface area contributed by atoms with Gasteiger partial charge < -0.3 is 24.4 Å². The van der Waals surface area contributed by atoms with Crippen molar-refractivity contribution in [3.05, 3.63) is 12.7 Å². The van der Waals surface area contributed by atoms with Crippen molar-refractivity contribution < 1.29 is 24.4 Å². The normalized spacial score (nSPS) is 12.6. The standard InChI is InChI=1S/C11H22O5/c1-2-3-11(13)10-16-9-8-15-7-6-14-5-4-12/h2,11-13H,1,3-10H2. The fraction of sp³-hybridized carbons (Fsp3) is 0.818. The summed E-state index contributed by atoms with van der Waals surface area (Å²) in [5.41, 5.74) is 0. The molecule has 0 rings (SSSR count). The second-order valence-corrected chi connectivity index (χ2v) is 3.20. The molecule has 96 valence electrons. The van der Waals surface area contributed by atoms with Gasteiger partial charge in [0.15, 0.2) is 0 Å². The van der Waals surface area contributed by atoms with Crippen LogP contribution >= 0.6 is 0 Å². The molecule has 0 radical (unpaired) electrons. The fourth-order valence-corrected chi connectivity index (χ4v) is 0.984. The van der Waals surface area contributed by atoms with Crippen molar-refractivity contribution >= 4 is 0 Å². The van der Waals surface area contributed by atoms with Gasteiger partial charge in [0.25, 0.3) is 0 Å². The van der Waals surface area contributed by atoms with Gasteiger partial charge in [0.1, 0.15) is 0 Å². The first kappa shape index (κ1) is 15.5. The highest BCUT2D eigenvalue weighted by Gasteiger charge is 2.00. The van der Waals surface area contributed by atoms with Gasteiger partial charge in [-0.2, -0.15) is 0 Å². The maximum absolute atomic E-state index is 9.27. The zero-order valence-electron chi connectivity index (χ0n) is 9.64. The van der Waals surface area contributed by atoms with Crippen molar-refractivity contribution in [2.45, 2.75) is 12.5 Å². The summed E-state index contributed by atoms with van der Waals surface area (Å²) in [6.07, 6.45) is 1.71. The van der Waals surface area contributed by atoms with Crippen molar-refractivity contribution in [3.63, 3.8) is 0 Å². The number of rotatable bonds is 12. The molecule has 0 aromatic carbocycles. The van der Waals surface area contributed by atoms with E-state index < -0.39 is 6.10 Å². The van der Waals surface area contributed by atoms with Crippen LogP contribution in [0.25, 0.3) is 0 Å². The van der Waals surface area contributed by atoms with E-state index in [1.165, 1.54) is 0 Å². The summed E-state index contributed by atoms with van der Waals surface area (Å²) in [5, 5.41) is 17.7. The zero-order chi connectivity index (χ0) is 12.1. The van der Waals surface area contributed by atoms with E-state index in [0.29, 0.717) is 46.1 Å². The van der Waals surface area contributed by atoms with Crippen LogP contribution in [0.1, 0.15) is 6.42 Å². The van der Waals surface area contributed by atoms with Crippen molar-refractivity contribution in [3.8, 4) is 0 Å². The maximum atomic E-state index is 9.27. The molecular weight excluding hydrogens is 212 g/mol. The highest BCUT2D eigenvalue weighted by molar-refractivity contribution is 4.71. The molecule has 0 aliphatic carbocycles. The summed E-state index contributed by atoms with van der Waals surface area (Å²) in [4.78, 5) is 0. The Hall–Kier alpha value is -0.460. The second-order valence-electron chi connectivity index (χ2n) is 3.20. The minimum atomic E-state index is -0.481. The van der Waals surface area contributed by atoms with Gasteiger partial charge in [-0.25, -0.2) is 0 Å². The maximum Gasteiger partial charge on any atom is 0.0807 e. The molecule has 0 aliphatic heterocycles. The largest absolute Gasteiger partial charge is 0.394 e. The minimum absolute atomic E-state index is 0.0320. The molecule has 16 heavy (non-hydrogen) atoms. The molecule has 0 amide bonds. The lowest BCUT2D eigenvalue weighted by molar-refractivity contribution is -0.0118. The summed E-state index contributed by atoms with van der Waals surface area (Å²) in [5.74, 6) is 0. The zero-order valence-corrected chi connectivity index (χ0v) is 9.64. The van der Waals surface area contributed by atoms with E-state index in [-0.39, 0.29) is 6.61 Å². The Labute approximate surface area is 96.6 Å². The molecule has 0 spiro atoms. The number of hydrogen-bond donors (Lipinski definition) is 2. The van der Waals surface area contributed by atoms with E-state index in [9.17, 15) is 5.11 Å². The Morgan fingerprint density at radius 2 is 1.56 bits per heavy atom. The molecular formula is C11H22O5. The van der Waals surface area contributed by atoms with E-state index in [2.05, 4.69) is 6.58 Å². The van der Waals surface area contributed by atoms with E-state index in [0.717, 1.165) is 0 Å². The minimum Gasteiger partial charge on any atom is -0.394 e. The van der Waals surface area contributed by atoms with Gasteiger partial charge in [-0.3, -0.25) is 0 Å². The molecule has 5 nitrogen and oxygen atoms in total. The van der Waals surface area contributed by atoms with E-state index in [4.69, 9.17) is 19.3 Å². The third-order valence-electron chi connectivity index (χ3n) is 1.73. The Morgan fingerprint density at radius 1 is 1.00 bits per heavy atom. The topological polar surface area (TPSA) is 68.2 Å². The van der Waals surface area contributed by atoms with Crippen LogP contribution in [-0.4, -0.2) is 62.6 Å². The smallest absolute Gasteiger partial charge is 0.0807 e. The predicted molar refractivity (Wildman–Crippen MR) is 60.4 cm³/mol. The number of aliphatic hydroxyl groups is 2. The number of hydrogen-bond acceptors (Lipinski definition) is 5. The number of aliphatic hydroxyl groups excluding tert-OH is 2. The third kappa shape index (κ3) is 11.6. The lowest BCUT2D eigenvalue weighted by Gasteiger charge is -2.09. The lowest BCUT2D eigenvalue weighted by Crippen LogP contribution is -2.17. The van der Waals surface area contributed by atoms with Crippen LogP contribution in [0.15, 0.2) is 12.7 Å². The van der Waals surface area contributed by atoms with Crippen LogP contribution in [-0.2, 0) is 14.2 Å². The van der Waals surface area contributed by atoms with Gasteiger partial charge in [0.2, 0.25) is 0 Å². The summed E-state index contributed by atoms with van der Waals surface area (Å²) >= 11 is 0. The summed E-state index contributed by atoms with van der Waals surface area (Å²) in [7, 11) is 0. The fourth-order valence-electron chi connectivity index (χ4n) is 0.984. The molecule has 1 atom stereocenters. The van der Waals surface area contributed by atoms with Crippen molar-refractivity contribution in [1.29, 1.82) is 0 Å². The second kappa shape index (κ2) is 12.6. The molecule has 1 unspecified atom stereocenters. The van der Waals surface area contributed by atoms with Gasteiger partial charge in [-0.05, 0) is 6.42 Å². The molecule has 2 N–H and O–H groups in total. The number of ether oxygens (including phenoxy) is 3. The van der Waals surface area contributed by atoms with Crippen molar-refractivity contribution in [2.24, 2.45) is 0 Å². The van der Waals surface area contributed by atoms with Gasteiger partial charge in [0, 0.05) is 0 Å². The molecule has 0 aromatic rings. The van der Waals surface area contributed by atoms with E-state index >= 15 is 0 Å². The van der Waals surface area contributed by atoms with Crippen LogP contribution in [0, 0.1) is 0 Å². The lowest BCUT2D eigenvalue weighted by atomic mass is 10.3. The average Bonchev–Trinajstić information content (AvgIpc) is 2.27. The highest BCUT2D eigenvalue weighted by Crippen LogP contribution is 1.92. The SMILES string of the molecule is C=CCC(O)COCCOCCOCCO. The molecule has 5 heteroatoms. The van der Waals surface area contributed by atoms with Crippen molar-refractivity contribution in [2.75, 3.05) is 46.2 Å². The molecule has 0 saturated carbocycles. The van der Waals surface area contributed by atoms with E-state index in [1.807, 2.05) is 0 Å². The van der Waals surface area contributed by atoms with E-state index in [1.54, 1.807) is 6.08 Å². The third-order valence-corrected chi connectivity index (χ3v) is 1.73. The van der Waals surface area contributed by atoms with Crippen LogP contribution in [0.5, 0.6) is 0 Å². The Kier molecular flexibility index (Phi) is 12.2. The molecule has 0 fully saturated rings. The quantitative estimate of drug-likeness (QED) is 0.366. The van der Waals surface area contributed by atoms with Gasteiger partial charge in [-0.1, -0.05) is 6.08 Å². The van der Waals surface area contributed by atoms with Crippen LogP contribution in [0.3, 0.4) is 0 Å². The van der Waals surface area contributed by atoms with Crippen LogP contribution < -0.4 is 0 Å². The Balaban J connectivity index is 3.00. The first-order valence-electron chi connectivity index (χ1n) is 5.44. The molecule has 0 heterocycles. The van der Waals surface area contributed by atoms with Crippen LogP contribution in [0.4, 0.5) is 0 Å². The first-order valence-corrected chi connectivity index (χ1v) is 5.44. The molecule has 0 aliphatic rings. The summed E-state index contributed by atoms with van der Waals surface area (Å²) < 4.78 is 15.4. The van der Waals surface area contributed by atoms with Gasteiger partial charge >= 0.3 is 0 Å². The van der Waals surface area contributed by atoms with Crippen molar-refractivity contribution in [1.82, 2.24) is 0 Å². The van der Waals surface area contributed by atoms with Crippen LogP contribution in [0.2, 0.25) is 0 Å².